The highest BCUT2D eigenvalue weighted by atomic mass is 16.5. The lowest BCUT2D eigenvalue weighted by molar-refractivity contribution is 0.0639. The van der Waals surface area contributed by atoms with Crippen LogP contribution in [0.15, 0.2) is 11.6 Å². The Morgan fingerprint density at radius 1 is 1.40 bits per heavy atom. The van der Waals surface area contributed by atoms with E-state index in [4.69, 9.17) is 10.5 Å². The second kappa shape index (κ2) is 5.64. The molecule has 0 aromatic carbocycles. The third-order valence-corrected chi connectivity index (χ3v) is 3.40. The van der Waals surface area contributed by atoms with Crippen LogP contribution >= 0.6 is 0 Å². The molecule has 0 bridgehead atoms. The fourth-order valence-electron chi connectivity index (χ4n) is 2.42. The Morgan fingerprint density at radius 2 is 2.20 bits per heavy atom. The number of nitrogens with two attached hydrogens (primary N) is 1. The van der Waals surface area contributed by atoms with Crippen molar-refractivity contribution >= 4 is 0 Å². The van der Waals surface area contributed by atoms with Gasteiger partial charge in [-0.3, -0.25) is 0 Å². The lowest BCUT2D eigenvalue weighted by atomic mass is 9.91. The average Bonchev–Trinajstić information content (AvgIpc) is 2.28. The minimum atomic E-state index is 0.225. The Labute approximate surface area is 92.1 Å². The number of hydrogen-bond donors (Lipinski definition) is 2. The highest BCUT2D eigenvalue weighted by Gasteiger charge is 2.15. The minimum Gasteiger partial charge on any atom is -0.381 e. The van der Waals surface area contributed by atoms with E-state index >= 15 is 0 Å². The summed E-state index contributed by atoms with van der Waals surface area (Å²) in [5, 5.41) is 3.35. The van der Waals surface area contributed by atoms with Crippen molar-refractivity contribution in [3.8, 4) is 0 Å². The Kier molecular flexibility index (Phi) is 4.18. The molecule has 0 amide bonds. The first kappa shape index (κ1) is 11.1. The third kappa shape index (κ3) is 3.59. The molecule has 0 radical (unpaired) electrons. The van der Waals surface area contributed by atoms with Crippen molar-refractivity contribution in [2.24, 2.45) is 11.7 Å². The molecule has 1 unspecified atom stereocenters. The lowest BCUT2D eigenvalue weighted by Crippen LogP contribution is -2.38. The van der Waals surface area contributed by atoms with E-state index < -0.39 is 0 Å². The molecule has 0 saturated carbocycles. The van der Waals surface area contributed by atoms with Crippen LogP contribution in [-0.2, 0) is 4.74 Å². The molecule has 1 saturated heterocycles. The maximum atomic E-state index is 5.87. The van der Waals surface area contributed by atoms with Crippen molar-refractivity contribution in [3.05, 3.63) is 11.6 Å². The Bertz CT molecular complexity index is 222. The molecular formula is C12H22N2O. The van der Waals surface area contributed by atoms with Gasteiger partial charge in [0.05, 0.1) is 0 Å². The standard InChI is InChI=1S/C12H22N2O/c13-12-7-11(8-14-9-12)2-1-10-3-5-15-6-4-10/h7,10,12,14H,1-6,8-9,13H2. The summed E-state index contributed by atoms with van der Waals surface area (Å²) in [4.78, 5) is 0. The normalized spacial score (nSPS) is 28.9. The van der Waals surface area contributed by atoms with Gasteiger partial charge < -0.3 is 15.8 Å². The van der Waals surface area contributed by atoms with Gasteiger partial charge in [0.25, 0.3) is 0 Å². The quantitative estimate of drug-likeness (QED) is 0.685. The number of rotatable bonds is 3. The van der Waals surface area contributed by atoms with Crippen LogP contribution in [0.25, 0.3) is 0 Å². The zero-order valence-electron chi connectivity index (χ0n) is 9.37. The first-order valence-electron chi connectivity index (χ1n) is 6.08. The first-order valence-corrected chi connectivity index (χ1v) is 6.08. The highest BCUT2D eigenvalue weighted by molar-refractivity contribution is 5.12. The maximum Gasteiger partial charge on any atom is 0.0468 e. The van der Waals surface area contributed by atoms with Gasteiger partial charge in [0.2, 0.25) is 0 Å². The second-order valence-corrected chi connectivity index (χ2v) is 4.71. The maximum absolute atomic E-state index is 5.87. The minimum absolute atomic E-state index is 0.225. The average molecular weight is 210 g/mol. The second-order valence-electron chi connectivity index (χ2n) is 4.71. The molecule has 2 aliphatic heterocycles. The van der Waals surface area contributed by atoms with Gasteiger partial charge in [-0.25, -0.2) is 0 Å². The molecule has 3 heteroatoms. The Morgan fingerprint density at radius 3 is 2.93 bits per heavy atom. The van der Waals surface area contributed by atoms with Gasteiger partial charge in [-0.1, -0.05) is 11.6 Å². The number of hydrogen-bond acceptors (Lipinski definition) is 3. The molecule has 2 aliphatic rings. The monoisotopic (exact) mass is 210 g/mol. The Hall–Kier alpha value is -0.380. The van der Waals surface area contributed by atoms with Gasteiger partial charge in [-0.2, -0.15) is 0 Å². The molecule has 1 atom stereocenters. The van der Waals surface area contributed by atoms with E-state index in [0.717, 1.165) is 32.2 Å². The predicted octanol–water partition coefficient (Wildman–Crippen LogP) is 1.05. The van der Waals surface area contributed by atoms with E-state index in [-0.39, 0.29) is 6.04 Å². The molecule has 1 fully saturated rings. The predicted molar refractivity (Wildman–Crippen MR) is 61.7 cm³/mol. The fraction of sp³-hybridized carbons (Fsp3) is 0.833. The molecule has 3 nitrogen and oxygen atoms in total. The van der Waals surface area contributed by atoms with E-state index in [0.29, 0.717) is 0 Å². The van der Waals surface area contributed by atoms with Crippen molar-refractivity contribution in [2.75, 3.05) is 26.3 Å². The molecule has 0 spiro atoms. The number of ether oxygens (including phenoxy) is 1. The van der Waals surface area contributed by atoms with Crippen LogP contribution in [0.2, 0.25) is 0 Å². The summed E-state index contributed by atoms with van der Waals surface area (Å²) in [6.45, 7) is 3.89. The van der Waals surface area contributed by atoms with Crippen molar-refractivity contribution in [1.82, 2.24) is 5.32 Å². The molecule has 0 aromatic heterocycles. The summed E-state index contributed by atoms with van der Waals surface area (Å²) in [5.74, 6) is 0.873. The van der Waals surface area contributed by atoms with Crippen LogP contribution in [0.4, 0.5) is 0 Å². The van der Waals surface area contributed by atoms with Crippen LogP contribution in [-0.4, -0.2) is 32.3 Å². The lowest BCUT2D eigenvalue weighted by Gasteiger charge is -2.24. The molecule has 0 aliphatic carbocycles. The van der Waals surface area contributed by atoms with Crippen molar-refractivity contribution < 1.29 is 4.74 Å². The van der Waals surface area contributed by atoms with Crippen LogP contribution < -0.4 is 11.1 Å². The largest absolute Gasteiger partial charge is 0.381 e. The summed E-state index contributed by atoms with van der Waals surface area (Å²) in [6, 6.07) is 0.225. The topological polar surface area (TPSA) is 47.3 Å². The highest BCUT2D eigenvalue weighted by Crippen LogP contribution is 2.22. The third-order valence-electron chi connectivity index (χ3n) is 3.40. The first-order chi connectivity index (χ1) is 7.34. The molecule has 2 rings (SSSR count). The molecule has 3 N–H and O–H groups in total. The summed E-state index contributed by atoms with van der Waals surface area (Å²) in [6.07, 6.45) is 7.25. The van der Waals surface area contributed by atoms with Crippen molar-refractivity contribution in [3.63, 3.8) is 0 Å². The molecule has 86 valence electrons. The van der Waals surface area contributed by atoms with Crippen molar-refractivity contribution in [1.29, 1.82) is 0 Å². The zero-order valence-corrected chi connectivity index (χ0v) is 9.37. The molecule has 0 aromatic rings. The van der Waals surface area contributed by atoms with Crippen LogP contribution in [0, 0.1) is 5.92 Å². The summed E-state index contributed by atoms with van der Waals surface area (Å²) < 4.78 is 5.36. The van der Waals surface area contributed by atoms with Gasteiger partial charge in [0.1, 0.15) is 0 Å². The van der Waals surface area contributed by atoms with E-state index in [9.17, 15) is 0 Å². The number of nitrogens with one attached hydrogen (secondary N) is 1. The van der Waals surface area contributed by atoms with Gasteiger partial charge in [0, 0.05) is 32.3 Å². The summed E-state index contributed by atoms with van der Waals surface area (Å²) in [7, 11) is 0. The molecular weight excluding hydrogens is 188 g/mol. The summed E-state index contributed by atoms with van der Waals surface area (Å²) >= 11 is 0. The van der Waals surface area contributed by atoms with Gasteiger partial charge in [-0.05, 0) is 31.6 Å². The Balaban J connectivity index is 1.72. The van der Waals surface area contributed by atoms with Gasteiger partial charge in [0.15, 0.2) is 0 Å². The summed E-state index contributed by atoms with van der Waals surface area (Å²) in [5.41, 5.74) is 7.38. The van der Waals surface area contributed by atoms with Crippen LogP contribution in [0.5, 0.6) is 0 Å². The van der Waals surface area contributed by atoms with Gasteiger partial charge in [-0.15, -0.1) is 0 Å². The van der Waals surface area contributed by atoms with E-state index in [1.165, 1.54) is 31.3 Å². The molecule has 15 heavy (non-hydrogen) atoms. The fourth-order valence-corrected chi connectivity index (χ4v) is 2.42. The van der Waals surface area contributed by atoms with Crippen molar-refractivity contribution in [2.45, 2.75) is 31.7 Å². The van der Waals surface area contributed by atoms with E-state index in [1.807, 2.05) is 0 Å². The smallest absolute Gasteiger partial charge is 0.0468 e. The van der Waals surface area contributed by atoms with E-state index in [2.05, 4.69) is 11.4 Å². The van der Waals surface area contributed by atoms with Crippen LogP contribution in [0.3, 0.4) is 0 Å². The molecule has 2 heterocycles. The SMILES string of the molecule is NC1C=C(CCC2CCOCC2)CNC1. The zero-order chi connectivity index (χ0) is 10.5. The van der Waals surface area contributed by atoms with Gasteiger partial charge >= 0.3 is 0 Å². The van der Waals surface area contributed by atoms with E-state index in [1.54, 1.807) is 0 Å². The van der Waals surface area contributed by atoms with Crippen LogP contribution in [0.1, 0.15) is 25.7 Å².